The van der Waals surface area contributed by atoms with E-state index in [0.29, 0.717) is 0 Å². The predicted molar refractivity (Wildman–Crippen MR) is 48.9 cm³/mol. The average Bonchev–Trinajstić information content (AvgIpc) is 2.29. The van der Waals surface area contributed by atoms with Crippen LogP contribution in [-0.4, -0.2) is 68.9 Å². The first-order chi connectivity index (χ1) is 7.46. The van der Waals surface area contributed by atoms with Crippen LogP contribution in [0.5, 0.6) is 0 Å². The Hall–Kier alpha value is -0.930. The van der Waals surface area contributed by atoms with Gasteiger partial charge in [0.05, 0.1) is 13.2 Å². The van der Waals surface area contributed by atoms with Gasteiger partial charge in [-0.15, -0.1) is 0 Å². The lowest BCUT2D eigenvalue weighted by Crippen LogP contribution is -2.66. The fraction of sp³-hybridized carbons (Fsp3) is 1.00. The van der Waals surface area contributed by atoms with E-state index in [1.807, 2.05) is 0 Å². The molecule has 0 amide bonds. The summed E-state index contributed by atoms with van der Waals surface area (Å²) in [5.41, 5.74) is 8.09. The summed E-state index contributed by atoms with van der Waals surface area (Å²) in [5, 5.41) is 49.8. The molecule has 92 valence electrons. The molecule has 5 atom stereocenters. The van der Waals surface area contributed by atoms with Crippen molar-refractivity contribution in [2.45, 2.75) is 30.2 Å². The SMILES string of the molecule is [N-]=[N+]=NC[C@@]1(O)O[C@@H](CO)[C@@H](O)[C@H](O)[C@@H]1O. The first-order valence-corrected chi connectivity index (χ1v) is 4.52. The van der Waals surface area contributed by atoms with E-state index < -0.39 is 43.4 Å². The molecule has 9 heteroatoms. The molecule has 0 aromatic heterocycles. The van der Waals surface area contributed by atoms with Gasteiger partial charge in [-0.25, -0.2) is 0 Å². The zero-order valence-electron chi connectivity index (χ0n) is 8.21. The lowest BCUT2D eigenvalue weighted by atomic mass is 9.93. The monoisotopic (exact) mass is 235 g/mol. The fourth-order valence-electron chi connectivity index (χ4n) is 1.48. The second kappa shape index (κ2) is 4.93. The Morgan fingerprint density at radius 3 is 2.44 bits per heavy atom. The standard InChI is InChI=1S/C7H13N3O6/c8-10-9-2-7(15)6(14)5(13)4(12)3(1-11)16-7/h3-6,11-15H,1-2H2/t3-,4+,5-,6-,7+/m0/s1. The number of rotatable bonds is 3. The summed E-state index contributed by atoms with van der Waals surface area (Å²) < 4.78 is 4.80. The molecule has 0 aliphatic carbocycles. The summed E-state index contributed by atoms with van der Waals surface area (Å²) in [6.45, 7) is -1.31. The van der Waals surface area contributed by atoms with E-state index in [4.69, 9.17) is 15.4 Å². The van der Waals surface area contributed by atoms with Crippen LogP contribution in [0.25, 0.3) is 10.4 Å². The quantitative estimate of drug-likeness (QED) is 0.206. The number of aliphatic hydroxyl groups is 5. The Kier molecular flexibility index (Phi) is 4.05. The van der Waals surface area contributed by atoms with Crippen LogP contribution in [0.3, 0.4) is 0 Å². The molecule has 0 aromatic rings. The Balaban J connectivity index is 2.88. The van der Waals surface area contributed by atoms with Crippen LogP contribution in [0.15, 0.2) is 5.11 Å². The van der Waals surface area contributed by atoms with Gasteiger partial charge in [0.1, 0.15) is 24.4 Å². The van der Waals surface area contributed by atoms with Gasteiger partial charge in [-0.05, 0) is 5.53 Å². The van der Waals surface area contributed by atoms with Gasteiger partial charge in [0.15, 0.2) is 0 Å². The molecule has 0 aromatic carbocycles. The van der Waals surface area contributed by atoms with Crippen LogP contribution in [0.2, 0.25) is 0 Å². The molecule has 1 rings (SSSR count). The van der Waals surface area contributed by atoms with Crippen LogP contribution in [-0.2, 0) is 4.74 Å². The highest BCUT2D eigenvalue weighted by atomic mass is 16.7. The van der Waals surface area contributed by atoms with Gasteiger partial charge in [0.25, 0.3) is 0 Å². The highest BCUT2D eigenvalue weighted by Crippen LogP contribution is 2.28. The first kappa shape index (κ1) is 13.1. The van der Waals surface area contributed by atoms with Crippen molar-refractivity contribution in [1.29, 1.82) is 0 Å². The van der Waals surface area contributed by atoms with E-state index in [1.165, 1.54) is 0 Å². The fourth-order valence-corrected chi connectivity index (χ4v) is 1.48. The highest BCUT2D eigenvalue weighted by Gasteiger charge is 2.52. The highest BCUT2D eigenvalue weighted by molar-refractivity contribution is 4.96. The minimum atomic E-state index is -2.32. The van der Waals surface area contributed by atoms with Gasteiger partial charge in [-0.3, -0.25) is 0 Å². The predicted octanol–water partition coefficient (Wildman–Crippen LogP) is -2.54. The van der Waals surface area contributed by atoms with Crippen LogP contribution in [0, 0.1) is 0 Å². The Morgan fingerprint density at radius 2 is 1.94 bits per heavy atom. The molecule has 16 heavy (non-hydrogen) atoms. The number of hydrogen-bond acceptors (Lipinski definition) is 7. The molecule has 1 aliphatic rings. The largest absolute Gasteiger partial charge is 0.394 e. The summed E-state index contributed by atoms with van der Waals surface area (Å²) in [6, 6.07) is 0. The second-order valence-electron chi connectivity index (χ2n) is 3.50. The molecule has 9 nitrogen and oxygen atoms in total. The van der Waals surface area contributed by atoms with Crippen molar-refractivity contribution < 1.29 is 30.3 Å². The third-order valence-corrected chi connectivity index (χ3v) is 2.41. The van der Waals surface area contributed by atoms with E-state index >= 15 is 0 Å². The molecular formula is C7H13N3O6. The number of azide groups is 1. The Bertz CT molecular complexity index is 294. The third kappa shape index (κ3) is 2.25. The summed E-state index contributed by atoms with van der Waals surface area (Å²) in [5.74, 6) is -2.32. The first-order valence-electron chi connectivity index (χ1n) is 4.52. The van der Waals surface area contributed by atoms with Gasteiger partial charge in [-0.1, -0.05) is 5.11 Å². The molecule has 0 bridgehead atoms. The van der Waals surface area contributed by atoms with E-state index in [9.17, 15) is 20.4 Å². The topological polar surface area (TPSA) is 159 Å². The molecule has 5 N–H and O–H groups in total. The zero-order chi connectivity index (χ0) is 12.3. The van der Waals surface area contributed by atoms with Crippen molar-refractivity contribution >= 4 is 0 Å². The maximum atomic E-state index is 9.74. The number of hydrogen-bond donors (Lipinski definition) is 5. The van der Waals surface area contributed by atoms with Crippen molar-refractivity contribution in [3.8, 4) is 0 Å². The van der Waals surface area contributed by atoms with E-state index in [-0.39, 0.29) is 0 Å². The van der Waals surface area contributed by atoms with E-state index in [0.717, 1.165) is 0 Å². The average molecular weight is 235 g/mol. The molecule has 0 unspecified atom stereocenters. The Labute approximate surface area is 90.1 Å². The van der Waals surface area contributed by atoms with Crippen molar-refractivity contribution in [1.82, 2.24) is 0 Å². The molecule has 1 heterocycles. The summed E-state index contributed by atoms with van der Waals surface area (Å²) in [6.07, 6.45) is -6.34. The maximum absolute atomic E-state index is 9.74. The van der Waals surface area contributed by atoms with Crippen LogP contribution in [0.4, 0.5) is 0 Å². The summed E-state index contributed by atoms with van der Waals surface area (Å²) >= 11 is 0. The van der Waals surface area contributed by atoms with Gasteiger partial charge < -0.3 is 30.3 Å². The minimum Gasteiger partial charge on any atom is -0.394 e. The Morgan fingerprint density at radius 1 is 1.31 bits per heavy atom. The number of nitrogens with zero attached hydrogens (tertiary/aromatic N) is 3. The molecule has 0 spiro atoms. The van der Waals surface area contributed by atoms with Crippen LogP contribution < -0.4 is 0 Å². The van der Waals surface area contributed by atoms with Crippen LogP contribution >= 0.6 is 0 Å². The zero-order valence-corrected chi connectivity index (χ0v) is 8.21. The molecule has 1 fully saturated rings. The van der Waals surface area contributed by atoms with Crippen molar-refractivity contribution in [3.63, 3.8) is 0 Å². The van der Waals surface area contributed by atoms with Gasteiger partial charge in [0.2, 0.25) is 5.79 Å². The smallest absolute Gasteiger partial charge is 0.200 e. The van der Waals surface area contributed by atoms with Crippen molar-refractivity contribution in [2.24, 2.45) is 5.11 Å². The van der Waals surface area contributed by atoms with E-state index in [2.05, 4.69) is 10.0 Å². The summed E-state index contributed by atoms with van der Waals surface area (Å²) in [7, 11) is 0. The lowest BCUT2D eigenvalue weighted by molar-refractivity contribution is -0.344. The molecule has 0 saturated carbocycles. The lowest BCUT2D eigenvalue weighted by Gasteiger charge is -2.44. The van der Waals surface area contributed by atoms with Gasteiger partial charge >= 0.3 is 0 Å². The molecule has 0 radical (unpaired) electrons. The normalized spacial score (nSPS) is 43.8. The van der Waals surface area contributed by atoms with Gasteiger partial charge in [-0.2, -0.15) is 0 Å². The van der Waals surface area contributed by atoms with Crippen LogP contribution in [0.1, 0.15) is 0 Å². The molecular weight excluding hydrogens is 222 g/mol. The second-order valence-corrected chi connectivity index (χ2v) is 3.50. The molecule has 1 saturated heterocycles. The van der Waals surface area contributed by atoms with Crippen molar-refractivity contribution in [3.05, 3.63) is 10.4 Å². The number of ether oxygens (including phenoxy) is 1. The number of aliphatic hydroxyl groups excluding tert-OH is 4. The molecule has 1 aliphatic heterocycles. The summed E-state index contributed by atoms with van der Waals surface area (Å²) in [4.78, 5) is 2.37. The third-order valence-electron chi connectivity index (χ3n) is 2.41. The maximum Gasteiger partial charge on any atom is 0.200 e. The minimum absolute atomic E-state index is 0.648. The van der Waals surface area contributed by atoms with Gasteiger partial charge in [0, 0.05) is 4.91 Å². The van der Waals surface area contributed by atoms with Crippen molar-refractivity contribution in [2.75, 3.05) is 13.2 Å². The van der Waals surface area contributed by atoms with E-state index in [1.54, 1.807) is 0 Å².